The summed E-state index contributed by atoms with van der Waals surface area (Å²) >= 11 is 0.962. The van der Waals surface area contributed by atoms with Crippen LogP contribution in [-0.4, -0.2) is 52.1 Å². The Morgan fingerprint density at radius 2 is 1.43 bits per heavy atom. The van der Waals surface area contributed by atoms with Crippen LogP contribution in [0.15, 0.2) is 0 Å². The molecule has 0 aliphatic heterocycles. The fourth-order valence-corrected chi connectivity index (χ4v) is 5.22. The lowest BCUT2D eigenvalue weighted by atomic mass is 10.6. The van der Waals surface area contributed by atoms with Crippen molar-refractivity contribution in [2.24, 2.45) is 0 Å². The highest BCUT2D eigenvalue weighted by Crippen LogP contribution is 2.20. The molecule has 0 amide bonds. The molecule has 0 saturated carbocycles. The van der Waals surface area contributed by atoms with E-state index in [0.29, 0.717) is 38.0 Å². The Balaban J connectivity index is 4.23. The van der Waals surface area contributed by atoms with Crippen molar-refractivity contribution in [1.29, 1.82) is 0 Å². The van der Waals surface area contributed by atoms with E-state index in [0.717, 1.165) is 11.8 Å². The van der Waals surface area contributed by atoms with Gasteiger partial charge in [-0.1, -0.05) is 11.8 Å². The third kappa shape index (κ3) is 8.57. The van der Waals surface area contributed by atoms with Gasteiger partial charge >= 0.3 is 14.8 Å². The molecule has 0 N–H and O–H groups in total. The number of hydrogen-bond donors (Lipinski definition) is 0. The summed E-state index contributed by atoms with van der Waals surface area (Å²) in [6.07, 6.45) is 0.683. The molecule has 0 fully saturated rings. The number of rotatable bonds is 11. The second kappa shape index (κ2) is 12.2. The highest BCUT2D eigenvalue weighted by molar-refractivity contribution is 8.15. The Kier molecular flexibility index (Phi) is 11.9. The van der Waals surface area contributed by atoms with Crippen LogP contribution in [0.3, 0.4) is 0 Å². The minimum atomic E-state index is -2.65. The number of thioether (sulfide) groups is 1. The van der Waals surface area contributed by atoms with Gasteiger partial charge in [0, 0.05) is 31.6 Å². The summed E-state index contributed by atoms with van der Waals surface area (Å²) in [6, 6.07) is 0.631. The van der Waals surface area contributed by atoms with Crippen LogP contribution in [0.25, 0.3) is 0 Å². The molecule has 0 heterocycles. The fourth-order valence-electron chi connectivity index (χ4n) is 1.70. The Bertz CT molecular complexity index is 296. The van der Waals surface area contributed by atoms with Gasteiger partial charge in [0.1, 0.15) is 0 Å². The average Bonchev–Trinajstić information content (AvgIpc) is 2.44. The summed E-state index contributed by atoms with van der Waals surface area (Å²) in [5, 5.41) is -0.562. The molecule has 0 saturated heterocycles. The van der Waals surface area contributed by atoms with Crippen molar-refractivity contribution in [3.05, 3.63) is 0 Å². The van der Waals surface area contributed by atoms with Gasteiger partial charge in [-0.2, -0.15) is 0 Å². The largest absolute Gasteiger partial charge is 0.500 e. The zero-order chi connectivity index (χ0) is 16.1. The van der Waals surface area contributed by atoms with Crippen LogP contribution in [0.4, 0.5) is 0 Å². The maximum atomic E-state index is 11.4. The van der Waals surface area contributed by atoms with Crippen LogP contribution in [0.5, 0.6) is 0 Å². The molecule has 0 atom stereocenters. The molecule has 8 heteroatoms. The van der Waals surface area contributed by atoms with Crippen molar-refractivity contribution in [2.45, 2.75) is 40.2 Å². The summed E-state index contributed by atoms with van der Waals surface area (Å²) in [4.78, 5) is 22.6. The summed E-state index contributed by atoms with van der Waals surface area (Å²) in [5.41, 5.74) is 0. The van der Waals surface area contributed by atoms with Crippen LogP contribution < -0.4 is 0 Å². The van der Waals surface area contributed by atoms with Gasteiger partial charge in [0.25, 0.3) is 5.12 Å². The van der Waals surface area contributed by atoms with E-state index in [1.54, 1.807) is 6.92 Å². The maximum Gasteiger partial charge on any atom is 0.500 e. The van der Waals surface area contributed by atoms with E-state index < -0.39 is 19.9 Å². The van der Waals surface area contributed by atoms with Crippen LogP contribution in [0, 0.1) is 0 Å². The molecule has 0 aromatic carbocycles. The van der Waals surface area contributed by atoms with Gasteiger partial charge in [-0.25, -0.2) is 4.79 Å². The molecule has 0 bridgehead atoms. The van der Waals surface area contributed by atoms with Crippen LogP contribution >= 0.6 is 11.8 Å². The van der Waals surface area contributed by atoms with Crippen molar-refractivity contribution in [3.8, 4) is 0 Å². The van der Waals surface area contributed by atoms with Gasteiger partial charge in [-0.15, -0.1) is 0 Å². The molecule has 0 aliphatic carbocycles. The van der Waals surface area contributed by atoms with Gasteiger partial charge in [0.15, 0.2) is 0 Å². The van der Waals surface area contributed by atoms with Crippen molar-refractivity contribution < 1.29 is 27.6 Å². The standard InChI is InChI=1S/C13H26O6SSi/c1-5-16-12(14)13(15)20-10-9-11-21(17-6-2,18-7-3)19-8-4/h5-11H2,1-4H3. The lowest BCUT2D eigenvalue weighted by Gasteiger charge is -2.28. The van der Waals surface area contributed by atoms with E-state index in [-0.39, 0.29) is 6.61 Å². The minimum Gasteiger partial charge on any atom is -0.460 e. The normalized spacial score (nSPS) is 11.4. The van der Waals surface area contributed by atoms with E-state index in [2.05, 4.69) is 4.74 Å². The second-order valence-corrected chi connectivity index (χ2v) is 7.74. The summed E-state index contributed by atoms with van der Waals surface area (Å²) < 4.78 is 21.8. The molecule has 0 spiro atoms. The fraction of sp³-hybridized carbons (Fsp3) is 0.846. The minimum absolute atomic E-state index is 0.209. The predicted octanol–water partition coefficient (Wildman–Crippen LogP) is 2.25. The Morgan fingerprint density at radius 1 is 0.905 bits per heavy atom. The van der Waals surface area contributed by atoms with E-state index in [1.165, 1.54) is 0 Å². The molecule has 0 aromatic heterocycles. The number of carbonyl (C=O) groups excluding carboxylic acids is 2. The van der Waals surface area contributed by atoms with Gasteiger partial charge in [-0.05, 0) is 34.1 Å². The first-order valence-electron chi connectivity index (χ1n) is 7.30. The number of hydrogen-bond acceptors (Lipinski definition) is 7. The number of carbonyl (C=O) groups is 2. The first-order valence-corrected chi connectivity index (χ1v) is 10.2. The Morgan fingerprint density at radius 3 is 1.86 bits per heavy atom. The summed E-state index contributed by atoms with van der Waals surface area (Å²) in [7, 11) is -2.65. The lowest BCUT2D eigenvalue weighted by Crippen LogP contribution is -2.46. The van der Waals surface area contributed by atoms with Crippen molar-refractivity contribution in [1.82, 2.24) is 0 Å². The molecule has 0 radical (unpaired) electrons. The molecule has 0 aromatic rings. The van der Waals surface area contributed by atoms with E-state index in [9.17, 15) is 9.59 Å². The molecule has 6 nitrogen and oxygen atoms in total. The zero-order valence-corrected chi connectivity index (χ0v) is 15.1. The highest BCUT2D eigenvalue weighted by atomic mass is 32.2. The van der Waals surface area contributed by atoms with Crippen molar-refractivity contribution in [3.63, 3.8) is 0 Å². The molecule has 0 aliphatic rings. The van der Waals surface area contributed by atoms with Crippen molar-refractivity contribution >= 4 is 31.7 Å². The lowest BCUT2D eigenvalue weighted by molar-refractivity contribution is -0.149. The molecular weight excluding hydrogens is 312 g/mol. The Hall–Kier alpha value is -0.413. The Labute approximate surface area is 132 Å². The summed E-state index contributed by atoms with van der Waals surface area (Å²) in [5.74, 6) is -0.273. The van der Waals surface area contributed by atoms with Crippen molar-refractivity contribution in [2.75, 3.05) is 32.2 Å². The highest BCUT2D eigenvalue weighted by Gasteiger charge is 2.39. The number of esters is 1. The number of ether oxygens (including phenoxy) is 1. The predicted molar refractivity (Wildman–Crippen MR) is 84.2 cm³/mol. The monoisotopic (exact) mass is 338 g/mol. The van der Waals surface area contributed by atoms with E-state index in [1.807, 2.05) is 20.8 Å². The topological polar surface area (TPSA) is 71.1 Å². The average molecular weight is 338 g/mol. The molecular formula is C13H26O6SSi. The van der Waals surface area contributed by atoms with Gasteiger partial charge in [0.2, 0.25) is 0 Å². The van der Waals surface area contributed by atoms with Gasteiger partial charge in [-0.3, -0.25) is 4.79 Å². The SMILES string of the molecule is CCOC(=O)C(=O)SCCC[Si](OCC)(OCC)OCC. The molecule has 0 unspecified atom stereocenters. The van der Waals surface area contributed by atoms with Gasteiger partial charge in [0.05, 0.1) is 6.61 Å². The third-order valence-corrected chi connectivity index (χ3v) is 6.47. The maximum absolute atomic E-state index is 11.4. The third-order valence-electron chi connectivity index (χ3n) is 2.40. The first kappa shape index (κ1) is 20.6. The molecule has 21 heavy (non-hydrogen) atoms. The van der Waals surface area contributed by atoms with Crippen LogP contribution in [0.2, 0.25) is 6.04 Å². The van der Waals surface area contributed by atoms with Crippen LogP contribution in [0.1, 0.15) is 34.1 Å². The zero-order valence-electron chi connectivity index (χ0n) is 13.3. The molecule has 0 rings (SSSR count). The quantitative estimate of drug-likeness (QED) is 0.248. The van der Waals surface area contributed by atoms with E-state index in [4.69, 9.17) is 13.3 Å². The second-order valence-electron chi connectivity index (χ2n) is 3.94. The smallest absolute Gasteiger partial charge is 0.460 e. The molecule has 124 valence electrons. The first-order chi connectivity index (χ1) is 10.0. The summed E-state index contributed by atoms with van der Waals surface area (Å²) in [6.45, 7) is 9.17. The van der Waals surface area contributed by atoms with E-state index >= 15 is 0 Å². The van der Waals surface area contributed by atoms with Crippen LogP contribution in [-0.2, 0) is 27.6 Å². The van der Waals surface area contributed by atoms with Gasteiger partial charge < -0.3 is 18.0 Å².